The third-order valence-corrected chi connectivity index (χ3v) is 4.67. The van der Waals surface area contributed by atoms with Crippen LogP contribution in [-0.2, 0) is 0 Å². The Balaban J connectivity index is 2.01. The van der Waals surface area contributed by atoms with Crippen LogP contribution >= 0.6 is 0 Å². The minimum Gasteiger partial charge on any atom is -0.396 e. The topological polar surface area (TPSA) is 32.3 Å². The minimum atomic E-state index is 0.0389. The number of hydrogen-bond acceptors (Lipinski definition) is 2. The highest BCUT2D eigenvalue weighted by molar-refractivity contribution is 5.83. The van der Waals surface area contributed by atoms with Crippen LogP contribution in [0.15, 0.2) is 42.5 Å². The molecule has 2 N–H and O–H groups in total. The summed E-state index contributed by atoms with van der Waals surface area (Å²) in [6.07, 6.45) is 3.45. The maximum Gasteiger partial charge on any atom is 0.0505 e. The number of fused-ring (bicyclic) bond motifs is 1. The summed E-state index contributed by atoms with van der Waals surface area (Å²) in [7, 11) is 2.00. The Morgan fingerprint density at radius 3 is 2.47 bits per heavy atom. The predicted octanol–water partition coefficient (Wildman–Crippen LogP) is 3.26. The molecule has 1 saturated carbocycles. The van der Waals surface area contributed by atoms with E-state index < -0.39 is 0 Å². The van der Waals surface area contributed by atoms with Gasteiger partial charge in [0.25, 0.3) is 0 Å². The summed E-state index contributed by atoms with van der Waals surface area (Å²) in [6, 6.07) is 15.3. The standard InChI is InChI=1S/C17H21NO/c1-18-16(17(12-19)9-4-10-17)15-8-7-13-5-2-3-6-14(13)11-15/h2-3,5-8,11,16,18-19H,4,9-10,12H2,1H3. The van der Waals surface area contributed by atoms with Gasteiger partial charge < -0.3 is 10.4 Å². The van der Waals surface area contributed by atoms with E-state index in [9.17, 15) is 5.11 Å². The van der Waals surface area contributed by atoms with E-state index in [2.05, 4.69) is 47.8 Å². The lowest BCUT2D eigenvalue weighted by Crippen LogP contribution is -2.44. The number of nitrogens with one attached hydrogen (secondary N) is 1. The normalized spacial score (nSPS) is 19.1. The molecule has 0 spiro atoms. The number of aliphatic hydroxyl groups excluding tert-OH is 1. The molecule has 1 aliphatic rings. The average molecular weight is 255 g/mol. The highest BCUT2D eigenvalue weighted by atomic mass is 16.3. The maximum atomic E-state index is 9.77. The lowest BCUT2D eigenvalue weighted by Gasteiger charge is -2.46. The van der Waals surface area contributed by atoms with Crippen molar-refractivity contribution in [2.45, 2.75) is 25.3 Å². The highest BCUT2D eigenvalue weighted by Gasteiger charge is 2.43. The first-order chi connectivity index (χ1) is 9.29. The van der Waals surface area contributed by atoms with Crippen molar-refractivity contribution in [1.29, 1.82) is 0 Å². The van der Waals surface area contributed by atoms with Crippen molar-refractivity contribution in [1.82, 2.24) is 5.32 Å². The molecule has 3 rings (SSSR count). The van der Waals surface area contributed by atoms with Gasteiger partial charge in [-0.15, -0.1) is 0 Å². The molecule has 1 aliphatic carbocycles. The predicted molar refractivity (Wildman–Crippen MR) is 79.1 cm³/mol. The number of hydrogen-bond donors (Lipinski definition) is 2. The number of rotatable bonds is 4. The number of benzene rings is 2. The van der Waals surface area contributed by atoms with Gasteiger partial charge in [-0.05, 0) is 42.3 Å². The quantitative estimate of drug-likeness (QED) is 0.879. The van der Waals surface area contributed by atoms with Gasteiger partial charge in [-0.1, -0.05) is 42.8 Å². The summed E-state index contributed by atoms with van der Waals surface area (Å²) in [5.41, 5.74) is 1.33. The van der Waals surface area contributed by atoms with Crippen LogP contribution in [0.5, 0.6) is 0 Å². The zero-order chi connectivity index (χ0) is 13.3. The third kappa shape index (κ3) is 2.05. The Labute approximate surface area is 114 Å². The monoisotopic (exact) mass is 255 g/mol. The Morgan fingerprint density at radius 2 is 1.89 bits per heavy atom. The molecule has 1 fully saturated rings. The van der Waals surface area contributed by atoms with Crippen LogP contribution in [0.4, 0.5) is 0 Å². The molecule has 0 heterocycles. The Hall–Kier alpha value is -1.38. The fraction of sp³-hybridized carbons (Fsp3) is 0.412. The van der Waals surface area contributed by atoms with E-state index in [1.165, 1.54) is 22.8 Å². The summed E-state index contributed by atoms with van der Waals surface area (Å²) in [4.78, 5) is 0. The van der Waals surface area contributed by atoms with Gasteiger partial charge in [0.05, 0.1) is 6.61 Å². The van der Waals surface area contributed by atoms with Crippen molar-refractivity contribution < 1.29 is 5.11 Å². The van der Waals surface area contributed by atoms with E-state index in [-0.39, 0.29) is 18.1 Å². The van der Waals surface area contributed by atoms with Gasteiger partial charge in [0.15, 0.2) is 0 Å². The summed E-state index contributed by atoms with van der Waals surface area (Å²) >= 11 is 0. The molecule has 0 radical (unpaired) electrons. The molecule has 2 aromatic rings. The van der Waals surface area contributed by atoms with Crippen molar-refractivity contribution >= 4 is 10.8 Å². The van der Waals surface area contributed by atoms with Gasteiger partial charge in [-0.3, -0.25) is 0 Å². The van der Waals surface area contributed by atoms with Crippen LogP contribution in [0.1, 0.15) is 30.9 Å². The maximum absolute atomic E-state index is 9.77. The Bertz CT molecular complexity index is 569. The molecule has 2 nitrogen and oxygen atoms in total. The molecule has 2 aromatic carbocycles. The second-order valence-corrected chi connectivity index (χ2v) is 5.70. The van der Waals surface area contributed by atoms with Crippen LogP contribution in [0.2, 0.25) is 0 Å². The number of aliphatic hydroxyl groups is 1. The van der Waals surface area contributed by atoms with Crippen LogP contribution < -0.4 is 5.32 Å². The van der Waals surface area contributed by atoms with Crippen LogP contribution in [0.3, 0.4) is 0 Å². The molecule has 19 heavy (non-hydrogen) atoms. The van der Waals surface area contributed by atoms with E-state index in [1.807, 2.05) is 7.05 Å². The van der Waals surface area contributed by atoms with Crippen LogP contribution in [0, 0.1) is 5.41 Å². The molecule has 1 unspecified atom stereocenters. The summed E-state index contributed by atoms with van der Waals surface area (Å²) in [5.74, 6) is 0. The van der Waals surface area contributed by atoms with E-state index >= 15 is 0 Å². The first-order valence-corrected chi connectivity index (χ1v) is 7.06. The second-order valence-electron chi connectivity index (χ2n) is 5.70. The molecule has 0 saturated heterocycles. The smallest absolute Gasteiger partial charge is 0.0505 e. The second kappa shape index (κ2) is 4.95. The van der Waals surface area contributed by atoms with Crippen LogP contribution in [0.25, 0.3) is 10.8 Å². The Kier molecular flexibility index (Phi) is 3.29. The van der Waals surface area contributed by atoms with Gasteiger partial charge in [0.1, 0.15) is 0 Å². The van der Waals surface area contributed by atoms with Gasteiger partial charge in [0, 0.05) is 11.5 Å². The van der Waals surface area contributed by atoms with Crippen molar-refractivity contribution in [2.75, 3.05) is 13.7 Å². The summed E-state index contributed by atoms with van der Waals surface area (Å²) in [6.45, 7) is 0.269. The van der Waals surface area contributed by atoms with E-state index in [1.54, 1.807) is 0 Å². The molecular weight excluding hydrogens is 234 g/mol. The average Bonchev–Trinajstić information content (AvgIpc) is 2.42. The largest absolute Gasteiger partial charge is 0.396 e. The molecule has 0 aromatic heterocycles. The molecule has 100 valence electrons. The van der Waals surface area contributed by atoms with Crippen LogP contribution in [-0.4, -0.2) is 18.8 Å². The van der Waals surface area contributed by atoms with Crippen molar-refractivity contribution in [2.24, 2.45) is 5.41 Å². The zero-order valence-corrected chi connectivity index (χ0v) is 11.4. The fourth-order valence-corrected chi connectivity index (χ4v) is 3.38. The van der Waals surface area contributed by atoms with Crippen molar-refractivity contribution in [3.8, 4) is 0 Å². The van der Waals surface area contributed by atoms with E-state index in [0.29, 0.717) is 0 Å². The first-order valence-electron chi connectivity index (χ1n) is 7.06. The van der Waals surface area contributed by atoms with Gasteiger partial charge >= 0.3 is 0 Å². The fourth-order valence-electron chi connectivity index (χ4n) is 3.38. The Morgan fingerprint density at radius 1 is 1.16 bits per heavy atom. The molecule has 0 amide bonds. The highest BCUT2D eigenvalue weighted by Crippen LogP contribution is 2.49. The molecule has 1 atom stereocenters. The lowest BCUT2D eigenvalue weighted by molar-refractivity contribution is 0.00787. The SMILES string of the molecule is CNC(c1ccc2ccccc2c1)C1(CO)CCC1. The summed E-state index contributed by atoms with van der Waals surface area (Å²) < 4.78 is 0. The molecule has 0 aliphatic heterocycles. The van der Waals surface area contributed by atoms with E-state index in [0.717, 1.165) is 12.8 Å². The van der Waals surface area contributed by atoms with Crippen molar-refractivity contribution in [3.63, 3.8) is 0 Å². The molecular formula is C17H21NO. The van der Waals surface area contributed by atoms with Gasteiger partial charge in [-0.25, -0.2) is 0 Å². The summed E-state index contributed by atoms with van der Waals surface area (Å²) in [5, 5.41) is 15.7. The van der Waals surface area contributed by atoms with Gasteiger partial charge in [-0.2, -0.15) is 0 Å². The molecule has 2 heteroatoms. The third-order valence-electron chi connectivity index (χ3n) is 4.67. The minimum absolute atomic E-state index is 0.0389. The zero-order valence-electron chi connectivity index (χ0n) is 11.4. The van der Waals surface area contributed by atoms with E-state index in [4.69, 9.17) is 0 Å². The first kappa shape index (κ1) is 12.6. The molecule has 0 bridgehead atoms. The van der Waals surface area contributed by atoms with Gasteiger partial charge in [0.2, 0.25) is 0 Å². The lowest BCUT2D eigenvalue weighted by atomic mass is 9.63. The van der Waals surface area contributed by atoms with Crippen molar-refractivity contribution in [3.05, 3.63) is 48.0 Å².